The maximum Gasteiger partial charge on any atom is 0.240 e. The van der Waals surface area contributed by atoms with Crippen LogP contribution >= 0.6 is 0 Å². The summed E-state index contributed by atoms with van der Waals surface area (Å²) in [4.78, 5) is 13.9. The molecule has 0 heterocycles. The second-order valence-corrected chi connectivity index (χ2v) is 9.83. The third-order valence-electron chi connectivity index (χ3n) is 4.08. The van der Waals surface area contributed by atoms with Crippen molar-refractivity contribution in [2.45, 2.75) is 26.5 Å². The summed E-state index contributed by atoms with van der Waals surface area (Å²) in [5.74, 6) is 0. The third-order valence-corrected chi connectivity index (χ3v) is 7.67. The lowest BCUT2D eigenvalue weighted by atomic mass is 10.2. The Balaban J connectivity index is 2.18. The van der Waals surface area contributed by atoms with E-state index in [0.29, 0.717) is 0 Å². The zero-order chi connectivity index (χ0) is 20.4. The molecule has 0 atom stereocenters. The smallest absolute Gasteiger partial charge is 0.219 e. The molecule has 6 nitrogen and oxygen atoms in total. The van der Waals surface area contributed by atoms with Crippen molar-refractivity contribution in [1.82, 2.24) is 0 Å². The number of benzene rings is 3. The normalized spacial score (nSPS) is 11.6. The molecule has 0 bridgehead atoms. The van der Waals surface area contributed by atoms with E-state index in [-0.39, 0.29) is 25.3 Å². The molecular formula is C20H15NO5S2. The summed E-state index contributed by atoms with van der Waals surface area (Å²) in [5.41, 5.74) is 0.599. The Bertz CT molecular complexity index is 1270. The lowest BCUT2D eigenvalue weighted by Crippen LogP contribution is -2.05. The first-order valence-corrected chi connectivity index (χ1v) is 11.1. The van der Waals surface area contributed by atoms with Crippen molar-refractivity contribution < 1.29 is 21.6 Å². The van der Waals surface area contributed by atoms with Crippen LogP contribution in [0.2, 0.25) is 0 Å². The molecule has 3 rings (SSSR count). The molecule has 0 radical (unpaired) electrons. The molecule has 3 aromatic carbocycles. The van der Waals surface area contributed by atoms with Crippen molar-refractivity contribution in [3.05, 3.63) is 78.4 Å². The minimum atomic E-state index is -4.00. The Hall–Kier alpha value is -3.06. The summed E-state index contributed by atoms with van der Waals surface area (Å²) in [6.07, 6.45) is 1.29. The fraction of sp³-hybridized carbons (Fsp3) is 0.0500. The molecule has 0 aliphatic rings. The molecule has 3 aromatic rings. The molecule has 0 N–H and O–H groups in total. The quantitative estimate of drug-likeness (QED) is 0.470. The Kier molecular flexibility index (Phi) is 5.29. The van der Waals surface area contributed by atoms with Gasteiger partial charge in [-0.15, -0.1) is 0 Å². The van der Waals surface area contributed by atoms with E-state index in [4.69, 9.17) is 0 Å². The minimum Gasteiger partial charge on any atom is -0.219 e. The van der Waals surface area contributed by atoms with E-state index in [1.54, 1.807) is 30.3 Å². The highest BCUT2D eigenvalue weighted by Gasteiger charge is 2.25. The summed E-state index contributed by atoms with van der Waals surface area (Å²) in [5, 5.41) is 0. The van der Waals surface area contributed by atoms with Crippen LogP contribution in [-0.2, 0) is 24.5 Å². The molecule has 142 valence electrons. The van der Waals surface area contributed by atoms with Crippen LogP contribution in [-0.4, -0.2) is 22.9 Å². The topological polar surface area (TPSA) is 97.7 Å². The average molecular weight is 413 g/mol. The first-order valence-electron chi connectivity index (χ1n) is 8.10. The van der Waals surface area contributed by atoms with Gasteiger partial charge >= 0.3 is 0 Å². The van der Waals surface area contributed by atoms with Gasteiger partial charge in [-0.2, -0.15) is 4.99 Å². The van der Waals surface area contributed by atoms with Crippen molar-refractivity contribution in [1.29, 1.82) is 0 Å². The van der Waals surface area contributed by atoms with Gasteiger partial charge in [-0.05, 0) is 49.4 Å². The lowest BCUT2D eigenvalue weighted by Gasteiger charge is -2.10. The number of sulfone groups is 2. The number of aliphatic imine (C=N–C) groups is 1. The molecule has 28 heavy (non-hydrogen) atoms. The van der Waals surface area contributed by atoms with Crippen LogP contribution in [0.15, 0.2) is 97.4 Å². The Morgan fingerprint density at radius 3 is 1.89 bits per heavy atom. The van der Waals surface area contributed by atoms with E-state index in [1.165, 1.54) is 36.4 Å². The molecular weight excluding hydrogens is 398 g/mol. The number of rotatable bonds is 5. The van der Waals surface area contributed by atoms with E-state index in [2.05, 4.69) is 4.99 Å². The average Bonchev–Trinajstić information content (AvgIpc) is 2.69. The van der Waals surface area contributed by atoms with Crippen LogP contribution in [0.5, 0.6) is 0 Å². The molecule has 0 fully saturated rings. The highest BCUT2D eigenvalue weighted by atomic mass is 32.2. The largest absolute Gasteiger partial charge is 0.240 e. The highest BCUT2D eigenvalue weighted by molar-refractivity contribution is 7.92. The van der Waals surface area contributed by atoms with Crippen molar-refractivity contribution in [2.24, 2.45) is 4.99 Å². The summed E-state index contributed by atoms with van der Waals surface area (Å²) in [6.45, 7) is 1.82. The SMILES string of the molecule is Cc1ccc(S(=O)(=O)c2ccc(S(=O)(=O)c3ccccc3)cc2N=C=O)cc1. The molecule has 8 heteroatoms. The van der Waals surface area contributed by atoms with Gasteiger partial charge in [0.2, 0.25) is 25.8 Å². The van der Waals surface area contributed by atoms with Gasteiger partial charge in [0.25, 0.3) is 0 Å². The summed E-state index contributed by atoms with van der Waals surface area (Å²) in [7, 11) is -7.90. The highest BCUT2D eigenvalue weighted by Crippen LogP contribution is 2.33. The fourth-order valence-corrected chi connectivity index (χ4v) is 5.29. The Morgan fingerprint density at radius 1 is 0.714 bits per heavy atom. The maximum atomic E-state index is 12.9. The van der Waals surface area contributed by atoms with Crippen molar-refractivity contribution in [2.75, 3.05) is 0 Å². The number of carbonyl (C=O) groups excluding carboxylic acids is 1. The van der Waals surface area contributed by atoms with E-state index in [1.807, 2.05) is 6.92 Å². The number of nitrogens with zero attached hydrogens (tertiary/aromatic N) is 1. The van der Waals surface area contributed by atoms with Crippen molar-refractivity contribution in [3.8, 4) is 0 Å². The molecule has 0 saturated carbocycles. The molecule has 0 spiro atoms. The monoisotopic (exact) mass is 413 g/mol. The zero-order valence-electron chi connectivity index (χ0n) is 14.7. The van der Waals surface area contributed by atoms with Crippen molar-refractivity contribution in [3.63, 3.8) is 0 Å². The van der Waals surface area contributed by atoms with Gasteiger partial charge in [0.1, 0.15) is 0 Å². The molecule has 0 aliphatic carbocycles. The van der Waals surface area contributed by atoms with Crippen LogP contribution in [0.1, 0.15) is 5.56 Å². The molecule has 0 saturated heterocycles. The predicted molar refractivity (Wildman–Crippen MR) is 103 cm³/mol. The minimum absolute atomic E-state index is 0.0131. The molecule has 0 amide bonds. The van der Waals surface area contributed by atoms with Crippen LogP contribution in [0.3, 0.4) is 0 Å². The van der Waals surface area contributed by atoms with Crippen LogP contribution < -0.4 is 0 Å². The number of aryl methyl sites for hydroxylation is 1. The predicted octanol–water partition coefficient (Wildman–Crippen LogP) is 3.63. The lowest BCUT2D eigenvalue weighted by molar-refractivity contribution is 0.565. The van der Waals surface area contributed by atoms with E-state index < -0.39 is 19.7 Å². The summed E-state index contributed by atoms with van der Waals surface area (Å²) < 4.78 is 51.4. The standard InChI is InChI=1S/C20H15NO5S2/c1-15-7-9-17(10-8-15)28(25,26)20-12-11-18(13-19(20)21-14-22)27(23,24)16-5-3-2-4-6-16/h2-13H,1H3. The van der Waals surface area contributed by atoms with Crippen LogP contribution in [0, 0.1) is 6.92 Å². The molecule has 0 aromatic heterocycles. The van der Waals surface area contributed by atoms with E-state index in [0.717, 1.165) is 17.7 Å². The first-order chi connectivity index (χ1) is 13.3. The van der Waals surface area contributed by atoms with Gasteiger partial charge in [0.15, 0.2) is 0 Å². The number of hydrogen-bond acceptors (Lipinski definition) is 6. The fourth-order valence-electron chi connectivity index (χ4n) is 2.61. The van der Waals surface area contributed by atoms with Gasteiger partial charge in [-0.3, -0.25) is 0 Å². The summed E-state index contributed by atoms with van der Waals surface area (Å²) in [6, 6.07) is 17.2. The molecule has 0 aliphatic heterocycles. The Labute approximate surface area is 163 Å². The van der Waals surface area contributed by atoms with Crippen LogP contribution in [0.25, 0.3) is 0 Å². The maximum absolute atomic E-state index is 12.9. The first kappa shape index (κ1) is 19.7. The number of hydrogen-bond donors (Lipinski definition) is 0. The second kappa shape index (κ2) is 7.52. The zero-order valence-corrected chi connectivity index (χ0v) is 16.4. The van der Waals surface area contributed by atoms with Gasteiger partial charge < -0.3 is 0 Å². The number of isocyanates is 1. The van der Waals surface area contributed by atoms with E-state index >= 15 is 0 Å². The second-order valence-electron chi connectivity index (χ2n) is 5.97. The van der Waals surface area contributed by atoms with Crippen LogP contribution in [0.4, 0.5) is 5.69 Å². The Morgan fingerprint density at radius 2 is 1.29 bits per heavy atom. The van der Waals surface area contributed by atoms with Gasteiger partial charge in [0.05, 0.1) is 25.3 Å². The van der Waals surface area contributed by atoms with Gasteiger partial charge in [-0.1, -0.05) is 35.9 Å². The van der Waals surface area contributed by atoms with E-state index in [9.17, 15) is 21.6 Å². The summed E-state index contributed by atoms with van der Waals surface area (Å²) >= 11 is 0. The molecule has 0 unspecified atom stereocenters. The van der Waals surface area contributed by atoms with Gasteiger partial charge in [-0.25, -0.2) is 21.6 Å². The van der Waals surface area contributed by atoms with Gasteiger partial charge in [0, 0.05) is 0 Å². The third kappa shape index (κ3) is 3.66. The van der Waals surface area contributed by atoms with Crippen molar-refractivity contribution >= 4 is 31.4 Å².